The number of likely N-dealkylation sites (tertiary alicyclic amines) is 1. The second-order valence-corrected chi connectivity index (χ2v) is 5.90. The van der Waals surface area contributed by atoms with E-state index in [4.69, 9.17) is 4.74 Å². The molecule has 7 heteroatoms. The van der Waals surface area contributed by atoms with Crippen LogP contribution in [0.4, 0.5) is 8.78 Å². The maximum absolute atomic E-state index is 14.4. The van der Waals surface area contributed by atoms with Crippen molar-refractivity contribution in [3.8, 4) is 17.1 Å². The molecule has 0 amide bonds. The first kappa shape index (κ1) is 15.9. The Hall–Kier alpha value is -2.02. The summed E-state index contributed by atoms with van der Waals surface area (Å²) in [5.41, 5.74) is 0.114. The third-order valence-electron chi connectivity index (χ3n) is 4.28. The van der Waals surface area contributed by atoms with Crippen LogP contribution in [0, 0.1) is 18.6 Å². The first-order valence-electron chi connectivity index (χ1n) is 7.65. The highest BCUT2D eigenvalue weighted by Crippen LogP contribution is 2.32. The molecule has 0 unspecified atom stereocenters. The predicted octanol–water partition coefficient (Wildman–Crippen LogP) is 2.81. The monoisotopic (exact) mass is 322 g/mol. The third kappa shape index (κ3) is 2.93. The number of piperidine rings is 1. The number of aromatic nitrogens is 3. The van der Waals surface area contributed by atoms with Crippen LogP contribution in [-0.4, -0.2) is 46.9 Å². The fraction of sp³-hybridized carbons (Fsp3) is 0.500. The van der Waals surface area contributed by atoms with Gasteiger partial charge in [-0.05, 0) is 52.0 Å². The van der Waals surface area contributed by atoms with Gasteiger partial charge in [0.15, 0.2) is 17.4 Å². The lowest BCUT2D eigenvalue weighted by atomic mass is 10.1. The third-order valence-corrected chi connectivity index (χ3v) is 4.28. The number of ether oxygens (including phenoxy) is 1. The van der Waals surface area contributed by atoms with E-state index in [9.17, 15) is 8.78 Å². The van der Waals surface area contributed by atoms with Crippen molar-refractivity contribution in [2.45, 2.75) is 25.8 Å². The van der Waals surface area contributed by atoms with Gasteiger partial charge in [0.2, 0.25) is 5.82 Å². The summed E-state index contributed by atoms with van der Waals surface area (Å²) >= 11 is 0. The number of methoxy groups -OCH3 is 1. The summed E-state index contributed by atoms with van der Waals surface area (Å²) in [4.78, 5) is 6.57. The number of hydrogen-bond donors (Lipinski definition) is 0. The van der Waals surface area contributed by atoms with E-state index in [2.05, 4.69) is 22.0 Å². The molecule has 0 saturated carbocycles. The zero-order valence-electron chi connectivity index (χ0n) is 13.5. The van der Waals surface area contributed by atoms with Crippen LogP contribution in [0.3, 0.4) is 0 Å². The molecule has 0 N–H and O–H groups in total. The van der Waals surface area contributed by atoms with E-state index in [0.717, 1.165) is 25.9 Å². The Morgan fingerprint density at radius 2 is 1.87 bits per heavy atom. The molecule has 1 aliphatic rings. The normalized spacial score (nSPS) is 16.7. The van der Waals surface area contributed by atoms with E-state index in [1.165, 1.54) is 19.2 Å². The average molecular weight is 322 g/mol. The molecule has 0 bridgehead atoms. The van der Waals surface area contributed by atoms with Crippen LogP contribution in [0.25, 0.3) is 11.4 Å². The van der Waals surface area contributed by atoms with Gasteiger partial charge in [-0.25, -0.2) is 14.1 Å². The van der Waals surface area contributed by atoms with Crippen molar-refractivity contribution in [3.05, 3.63) is 29.6 Å². The molecule has 3 rings (SSSR count). The smallest absolute Gasteiger partial charge is 0.201 e. The van der Waals surface area contributed by atoms with E-state index in [1.807, 2.05) is 0 Å². The standard InChI is InChI=1S/C16H20F2N4O/c1-10-19-16(12-4-5-13(23-3)15(18)14(12)17)22(20-10)11-6-8-21(2)9-7-11/h4-5,11H,6-9H2,1-3H3. The Morgan fingerprint density at radius 1 is 1.17 bits per heavy atom. The molecule has 2 heterocycles. The summed E-state index contributed by atoms with van der Waals surface area (Å²) in [5, 5.41) is 4.42. The van der Waals surface area contributed by atoms with Crippen LogP contribution in [0.1, 0.15) is 24.7 Å². The summed E-state index contributed by atoms with van der Waals surface area (Å²) < 4.78 is 35.0. The zero-order valence-corrected chi connectivity index (χ0v) is 13.5. The average Bonchev–Trinajstić information content (AvgIpc) is 2.92. The highest BCUT2D eigenvalue weighted by Gasteiger charge is 2.25. The van der Waals surface area contributed by atoms with Crippen LogP contribution >= 0.6 is 0 Å². The molecule has 1 aromatic carbocycles. The minimum atomic E-state index is -0.999. The highest BCUT2D eigenvalue weighted by atomic mass is 19.2. The van der Waals surface area contributed by atoms with Crippen molar-refractivity contribution in [1.29, 1.82) is 0 Å². The SMILES string of the molecule is COc1ccc(-c2nc(C)nn2C2CCN(C)CC2)c(F)c1F. The summed E-state index contributed by atoms with van der Waals surface area (Å²) in [6, 6.07) is 3.05. The van der Waals surface area contributed by atoms with Gasteiger partial charge in [-0.3, -0.25) is 0 Å². The molecule has 1 aliphatic heterocycles. The maximum atomic E-state index is 14.4. The topological polar surface area (TPSA) is 43.2 Å². The van der Waals surface area contributed by atoms with Crippen LogP contribution in [-0.2, 0) is 0 Å². The van der Waals surface area contributed by atoms with Crippen molar-refractivity contribution in [2.24, 2.45) is 0 Å². The lowest BCUT2D eigenvalue weighted by molar-refractivity contribution is 0.213. The van der Waals surface area contributed by atoms with Crippen molar-refractivity contribution < 1.29 is 13.5 Å². The van der Waals surface area contributed by atoms with Crippen molar-refractivity contribution >= 4 is 0 Å². The van der Waals surface area contributed by atoms with Gasteiger partial charge in [-0.2, -0.15) is 9.49 Å². The molecule has 0 spiro atoms. The number of hydrogen-bond acceptors (Lipinski definition) is 4. The molecule has 124 valence electrons. The Kier molecular flexibility index (Phi) is 4.30. The highest BCUT2D eigenvalue weighted by molar-refractivity contribution is 5.58. The number of halogens is 2. The zero-order chi connectivity index (χ0) is 16.6. The molecule has 1 fully saturated rings. The number of aryl methyl sites for hydroxylation is 1. The van der Waals surface area contributed by atoms with Gasteiger partial charge < -0.3 is 9.64 Å². The Morgan fingerprint density at radius 3 is 2.52 bits per heavy atom. The fourth-order valence-electron chi connectivity index (χ4n) is 2.97. The van der Waals surface area contributed by atoms with Gasteiger partial charge in [0.05, 0.1) is 18.7 Å². The predicted molar refractivity (Wildman–Crippen MR) is 82.4 cm³/mol. The summed E-state index contributed by atoms with van der Waals surface area (Å²) in [5.74, 6) is -1.15. The van der Waals surface area contributed by atoms with E-state index in [-0.39, 0.29) is 17.4 Å². The lowest BCUT2D eigenvalue weighted by Crippen LogP contribution is -2.32. The van der Waals surface area contributed by atoms with Gasteiger partial charge in [0.1, 0.15) is 5.82 Å². The summed E-state index contributed by atoms with van der Waals surface area (Å²) in [6.07, 6.45) is 1.82. The molecule has 2 aromatic rings. The largest absolute Gasteiger partial charge is 0.494 e. The van der Waals surface area contributed by atoms with E-state index in [0.29, 0.717) is 11.6 Å². The fourth-order valence-corrected chi connectivity index (χ4v) is 2.97. The van der Waals surface area contributed by atoms with Crippen LogP contribution in [0.5, 0.6) is 5.75 Å². The first-order valence-corrected chi connectivity index (χ1v) is 7.65. The summed E-state index contributed by atoms with van der Waals surface area (Å²) in [7, 11) is 3.38. The van der Waals surface area contributed by atoms with Crippen LogP contribution in [0.2, 0.25) is 0 Å². The number of rotatable bonds is 3. The molecule has 5 nitrogen and oxygen atoms in total. The molecule has 0 atom stereocenters. The number of nitrogens with zero attached hydrogens (tertiary/aromatic N) is 4. The Balaban J connectivity index is 2.02. The van der Waals surface area contributed by atoms with E-state index < -0.39 is 11.6 Å². The Bertz CT molecular complexity index is 708. The first-order chi connectivity index (χ1) is 11.0. The lowest BCUT2D eigenvalue weighted by Gasteiger charge is -2.29. The molecule has 1 aromatic heterocycles. The molecular formula is C16H20F2N4O. The molecule has 23 heavy (non-hydrogen) atoms. The van der Waals surface area contributed by atoms with Crippen molar-refractivity contribution in [3.63, 3.8) is 0 Å². The van der Waals surface area contributed by atoms with Gasteiger partial charge in [0.25, 0.3) is 0 Å². The minimum absolute atomic E-state index is 0.114. The van der Waals surface area contributed by atoms with Crippen molar-refractivity contribution in [2.75, 3.05) is 27.2 Å². The second kappa shape index (κ2) is 6.23. The number of benzene rings is 1. The van der Waals surface area contributed by atoms with Crippen LogP contribution < -0.4 is 4.74 Å². The Labute approximate surface area is 133 Å². The molecular weight excluding hydrogens is 302 g/mol. The van der Waals surface area contributed by atoms with Gasteiger partial charge in [-0.15, -0.1) is 0 Å². The second-order valence-electron chi connectivity index (χ2n) is 5.90. The van der Waals surface area contributed by atoms with Crippen molar-refractivity contribution in [1.82, 2.24) is 19.7 Å². The quantitative estimate of drug-likeness (QED) is 0.871. The summed E-state index contributed by atoms with van der Waals surface area (Å²) in [6.45, 7) is 3.65. The molecule has 1 saturated heterocycles. The van der Waals surface area contributed by atoms with Crippen LogP contribution in [0.15, 0.2) is 12.1 Å². The molecule has 0 aliphatic carbocycles. The molecule has 0 radical (unpaired) electrons. The van der Waals surface area contributed by atoms with Gasteiger partial charge in [-0.1, -0.05) is 0 Å². The van der Waals surface area contributed by atoms with E-state index in [1.54, 1.807) is 11.6 Å². The van der Waals surface area contributed by atoms with Gasteiger partial charge >= 0.3 is 0 Å². The van der Waals surface area contributed by atoms with Gasteiger partial charge in [0, 0.05) is 0 Å². The van der Waals surface area contributed by atoms with E-state index >= 15 is 0 Å². The maximum Gasteiger partial charge on any atom is 0.201 e. The minimum Gasteiger partial charge on any atom is -0.494 e.